The molecule has 0 aliphatic carbocycles. The van der Waals surface area contributed by atoms with E-state index < -0.39 is 0 Å². The summed E-state index contributed by atoms with van der Waals surface area (Å²) in [6.07, 6.45) is 9.04. The van der Waals surface area contributed by atoms with Crippen LogP contribution in [0, 0.1) is 0 Å². The maximum absolute atomic E-state index is 3.74. The van der Waals surface area contributed by atoms with Crippen molar-refractivity contribution in [3.05, 3.63) is 73.5 Å². The number of hydrogen-bond donors (Lipinski definition) is 0. The van der Waals surface area contributed by atoms with Crippen molar-refractivity contribution < 1.29 is 0 Å². The number of hydrogen-bond acceptors (Lipinski definition) is 1. The molecule has 84 valence electrons. The molecule has 16 heavy (non-hydrogen) atoms. The molecule has 1 aromatic carbocycles. The van der Waals surface area contributed by atoms with Crippen molar-refractivity contribution in [2.24, 2.45) is 0 Å². The van der Waals surface area contributed by atoms with Crippen molar-refractivity contribution in [1.29, 1.82) is 0 Å². The zero-order valence-electron chi connectivity index (χ0n) is 9.68. The molecule has 0 saturated heterocycles. The molecule has 0 unspecified atom stereocenters. The summed E-state index contributed by atoms with van der Waals surface area (Å²) in [6.45, 7) is 9.20. The van der Waals surface area contributed by atoms with Crippen LogP contribution in [0.2, 0.25) is 0 Å². The van der Waals surface area contributed by atoms with E-state index in [9.17, 15) is 0 Å². The first-order chi connectivity index (χ1) is 7.86. The minimum Gasteiger partial charge on any atom is -0.370 e. The number of allylic oxidation sites excluding steroid dienone is 1. The van der Waals surface area contributed by atoms with E-state index in [1.54, 1.807) is 0 Å². The molecular formula is C15H19N. The van der Waals surface area contributed by atoms with E-state index in [0.717, 1.165) is 19.5 Å². The standard InChI is InChI=1S/C15H19N/c1-3-12-16(13-4-2)14-8-11-15-9-6-5-7-10-15/h3-10,14H,1-2,11-13H2. The van der Waals surface area contributed by atoms with Gasteiger partial charge in [0.2, 0.25) is 0 Å². The van der Waals surface area contributed by atoms with E-state index in [2.05, 4.69) is 54.6 Å². The largest absolute Gasteiger partial charge is 0.370 e. The highest BCUT2D eigenvalue weighted by atomic mass is 15.1. The summed E-state index contributed by atoms with van der Waals surface area (Å²) in [5.74, 6) is 0. The Balaban J connectivity index is 2.45. The summed E-state index contributed by atoms with van der Waals surface area (Å²) < 4.78 is 0. The van der Waals surface area contributed by atoms with Gasteiger partial charge in [-0.1, -0.05) is 48.6 Å². The van der Waals surface area contributed by atoms with Gasteiger partial charge in [0.25, 0.3) is 0 Å². The molecule has 0 N–H and O–H groups in total. The van der Waals surface area contributed by atoms with Gasteiger partial charge in [0.05, 0.1) is 0 Å². The Morgan fingerprint density at radius 2 is 1.62 bits per heavy atom. The first-order valence-electron chi connectivity index (χ1n) is 5.53. The second kappa shape index (κ2) is 7.52. The summed E-state index contributed by atoms with van der Waals surface area (Å²) in [4.78, 5) is 2.17. The molecule has 0 spiro atoms. The molecule has 0 aliphatic heterocycles. The fourth-order valence-corrected chi connectivity index (χ4v) is 1.48. The normalized spacial score (nSPS) is 10.2. The van der Waals surface area contributed by atoms with Crippen LogP contribution in [-0.4, -0.2) is 18.0 Å². The summed E-state index contributed by atoms with van der Waals surface area (Å²) in [5, 5.41) is 0. The average molecular weight is 213 g/mol. The first kappa shape index (κ1) is 12.3. The molecule has 0 saturated carbocycles. The van der Waals surface area contributed by atoms with Gasteiger partial charge < -0.3 is 4.90 Å². The molecule has 0 aromatic heterocycles. The lowest BCUT2D eigenvalue weighted by molar-refractivity contribution is 0.461. The summed E-state index contributed by atoms with van der Waals surface area (Å²) in [7, 11) is 0. The van der Waals surface area contributed by atoms with Crippen LogP contribution in [0.15, 0.2) is 67.9 Å². The Hall–Kier alpha value is -1.76. The van der Waals surface area contributed by atoms with Gasteiger partial charge >= 0.3 is 0 Å². The van der Waals surface area contributed by atoms with E-state index in [1.807, 2.05) is 18.2 Å². The topological polar surface area (TPSA) is 3.24 Å². The highest BCUT2D eigenvalue weighted by molar-refractivity contribution is 5.17. The van der Waals surface area contributed by atoms with Gasteiger partial charge in [-0.25, -0.2) is 0 Å². The fraction of sp³-hybridized carbons (Fsp3) is 0.200. The quantitative estimate of drug-likeness (QED) is 0.627. The molecule has 1 nitrogen and oxygen atoms in total. The smallest absolute Gasteiger partial charge is 0.0354 e. The van der Waals surface area contributed by atoms with Crippen LogP contribution in [0.5, 0.6) is 0 Å². The van der Waals surface area contributed by atoms with Crippen LogP contribution in [0.25, 0.3) is 0 Å². The summed E-state index contributed by atoms with van der Waals surface area (Å²) in [6, 6.07) is 10.4. The predicted octanol–water partition coefficient (Wildman–Crippen LogP) is 3.42. The molecular weight excluding hydrogens is 194 g/mol. The Bertz CT molecular complexity index is 328. The molecule has 0 atom stereocenters. The monoisotopic (exact) mass is 213 g/mol. The van der Waals surface area contributed by atoms with Gasteiger partial charge in [-0.2, -0.15) is 0 Å². The summed E-state index contributed by atoms with van der Waals surface area (Å²) >= 11 is 0. The Kier molecular flexibility index (Phi) is 5.79. The molecule has 1 aromatic rings. The van der Waals surface area contributed by atoms with Crippen LogP contribution < -0.4 is 0 Å². The van der Waals surface area contributed by atoms with Crippen LogP contribution in [0.3, 0.4) is 0 Å². The van der Waals surface area contributed by atoms with Crippen LogP contribution in [-0.2, 0) is 6.42 Å². The lowest BCUT2D eigenvalue weighted by Gasteiger charge is -2.15. The van der Waals surface area contributed by atoms with E-state index >= 15 is 0 Å². The molecule has 1 heteroatoms. The second-order valence-corrected chi connectivity index (χ2v) is 3.61. The van der Waals surface area contributed by atoms with Gasteiger partial charge in [0.1, 0.15) is 0 Å². The number of nitrogens with zero attached hydrogens (tertiary/aromatic N) is 1. The van der Waals surface area contributed by atoms with E-state index in [4.69, 9.17) is 0 Å². The average Bonchev–Trinajstić information content (AvgIpc) is 2.31. The van der Waals surface area contributed by atoms with Gasteiger partial charge in [0, 0.05) is 13.1 Å². The van der Waals surface area contributed by atoms with Crippen LogP contribution in [0.1, 0.15) is 5.56 Å². The first-order valence-corrected chi connectivity index (χ1v) is 5.53. The highest BCUT2D eigenvalue weighted by Gasteiger charge is 1.92. The van der Waals surface area contributed by atoms with E-state index in [0.29, 0.717) is 0 Å². The van der Waals surface area contributed by atoms with Gasteiger partial charge in [0.15, 0.2) is 0 Å². The summed E-state index contributed by atoms with van der Waals surface area (Å²) in [5.41, 5.74) is 1.33. The highest BCUT2D eigenvalue weighted by Crippen LogP contribution is 2.01. The van der Waals surface area contributed by atoms with Crippen molar-refractivity contribution in [1.82, 2.24) is 4.90 Å². The minimum atomic E-state index is 0.858. The van der Waals surface area contributed by atoms with Crippen LogP contribution in [0.4, 0.5) is 0 Å². The molecule has 0 bridgehead atoms. The Labute approximate surface area is 98.4 Å². The van der Waals surface area contributed by atoms with Crippen molar-refractivity contribution in [3.63, 3.8) is 0 Å². The lowest BCUT2D eigenvalue weighted by atomic mass is 10.1. The van der Waals surface area contributed by atoms with Crippen molar-refractivity contribution >= 4 is 0 Å². The third-order valence-electron chi connectivity index (χ3n) is 2.24. The SMILES string of the molecule is C=CCN(C=CCc1ccccc1)CC=C. The van der Waals surface area contributed by atoms with Crippen LogP contribution >= 0.6 is 0 Å². The Morgan fingerprint density at radius 1 is 1.00 bits per heavy atom. The zero-order chi connectivity index (χ0) is 11.6. The van der Waals surface area contributed by atoms with Gasteiger partial charge in [-0.15, -0.1) is 13.2 Å². The van der Waals surface area contributed by atoms with Gasteiger partial charge in [-0.3, -0.25) is 0 Å². The van der Waals surface area contributed by atoms with E-state index in [-0.39, 0.29) is 0 Å². The maximum atomic E-state index is 3.74. The third kappa shape index (κ3) is 4.65. The lowest BCUT2D eigenvalue weighted by Crippen LogP contribution is -2.16. The fourth-order valence-electron chi connectivity index (χ4n) is 1.48. The molecule has 0 amide bonds. The molecule has 0 fully saturated rings. The molecule has 0 heterocycles. The minimum absolute atomic E-state index is 0.858. The van der Waals surface area contributed by atoms with Crippen molar-refractivity contribution in [3.8, 4) is 0 Å². The Morgan fingerprint density at radius 3 is 2.19 bits per heavy atom. The predicted molar refractivity (Wildman–Crippen MR) is 71.3 cm³/mol. The van der Waals surface area contributed by atoms with Crippen molar-refractivity contribution in [2.75, 3.05) is 13.1 Å². The molecule has 0 radical (unpaired) electrons. The molecule has 1 rings (SSSR count). The second-order valence-electron chi connectivity index (χ2n) is 3.61. The zero-order valence-corrected chi connectivity index (χ0v) is 9.68. The third-order valence-corrected chi connectivity index (χ3v) is 2.24. The number of rotatable bonds is 7. The number of benzene rings is 1. The van der Waals surface area contributed by atoms with Crippen molar-refractivity contribution in [2.45, 2.75) is 6.42 Å². The maximum Gasteiger partial charge on any atom is 0.0354 e. The molecule has 0 aliphatic rings. The van der Waals surface area contributed by atoms with E-state index in [1.165, 1.54) is 5.56 Å². The van der Waals surface area contributed by atoms with Gasteiger partial charge in [-0.05, 0) is 18.2 Å².